The Labute approximate surface area is 112 Å². The molecule has 1 heterocycles. The van der Waals surface area contributed by atoms with Gasteiger partial charge >= 0.3 is 11.8 Å². The number of amides is 3. The minimum Gasteiger partial charge on any atom is -0.396 e. The van der Waals surface area contributed by atoms with Crippen molar-refractivity contribution in [3.05, 3.63) is 0 Å². The summed E-state index contributed by atoms with van der Waals surface area (Å²) in [5, 5.41) is 11.2. The SMILES string of the molecule is O=CN1CCN(C(=O)C(=O)NCCCCCO)CC1. The number of nitrogens with one attached hydrogen (secondary N) is 1. The van der Waals surface area contributed by atoms with Crippen molar-refractivity contribution in [1.82, 2.24) is 15.1 Å². The number of piperazine rings is 1. The first-order chi connectivity index (χ1) is 9.19. The minimum absolute atomic E-state index is 0.147. The van der Waals surface area contributed by atoms with E-state index in [1.165, 1.54) is 4.90 Å². The number of rotatable bonds is 6. The molecule has 19 heavy (non-hydrogen) atoms. The van der Waals surface area contributed by atoms with Crippen LogP contribution in [0.15, 0.2) is 0 Å². The Bertz CT molecular complexity index is 314. The zero-order valence-electron chi connectivity index (χ0n) is 11.0. The molecule has 0 saturated carbocycles. The number of unbranched alkanes of at least 4 members (excludes halogenated alkanes) is 2. The number of carbonyl (C=O) groups excluding carboxylic acids is 3. The molecule has 1 saturated heterocycles. The molecule has 1 aliphatic rings. The molecule has 2 N–H and O–H groups in total. The molecule has 0 spiro atoms. The van der Waals surface area contributed by atoms with Crippen molar-refractivity contribution in [2.24, 2.45) is 0 Å². The van der Waals surface area contributed by atoms with Gasteiger partial charge in [0, 0.05) is 39.3 Å². The van der Waals surface area contributed by atoms with Gasteiger partial charge in [0.05, 0.1) is 0 Å². The summed E-state index contributed by atoms with van der Waals surface area (Å²) in [7, 11) is 0. The van der Waals surface area contributed by atoms with Crippen LogP contribution in [0.5, 0.6) is 0 Å². The summed E-state index contributed by atoms with van der Waals surface area (Å²) >= 11 is 0. The lowest BCUT2D eigenvalue weighted by Gasteiger charge is -2.31. The Hall–Kier alpha value is -1.63. The molecule has 7 nitrogen and oxygen atoms in total. The van der Waals surface area contributed by atoms with Crippen LogP contribution in [0.1, 0.15) is 19.3 Å². The van der Waals surface area contributed by atoms with Gasteiger partial charge in [-0.3, -0.25) is 14.4 Å². The maximum absolute atomic E-state index is 11.8. The zero-order chi connectivity index (χ0) is 14.1. The molecule has 0 unspecified atom stereocenters. The fourth-order valence-electron chi connectivity index (χ4n) is 1.87. The number of aliphatic hydroxyl groups excluding tert-OH is 1. The number of hydrogen-bond acceptors (Lipinski definition) is 4. The summed E-state index contributed by atoms with van der Waals surface area (Å²) in [6.45, 7) is 2.33. The molecular formula is C12H21N3O4. The topological polar surface area (TPSA) is 90.0 Å². The van der Waals surface area contributed by atoms with Gasteiger partial charge in [-0.15, -0.1) is 0 Å². The highest BCUT2D eigenvalue weighted by Gasteiger charge is 2.24. The molecule has 0 aromatic heterocycles. The van der Waals surface area contributed by atoms with Crippen molar-refractivity contribution in [1.29, 1.82) is 0 Å². The lowest BCUT2D eigenvalue weighted by atomic mass is 10.2. The molecule has 0 aromatic rings. The van der Waals surface area contributed by atoms with Crippen molar-refractivity contribution in [2.75, 3.05) is 39.3 Å². The van der Waals surface area contributed by atoms with Crippen LogP contribution in [0.25, 0.3) is 0 Å². The average molecular weight is 271 g/mol. The molecule has 0 atom stereocenters. The van der Waals surface area contributed by atoms with E-state index in [1.807, 2.05) is 0 Å². The van der Waals surface area contributed by atoms with Crippen molar-refractivity contribution >= 4 is 18.2 Å². The highest BCUT2D eigenvalue weighted by atomic mass is 16.3. The third-order valence-electron chi connectivity index (χ3n) is 3.07. The molecule has 0 aromatic carbocycles. The predicted molar refractivity (Wildman–Crippen MR) is 68.2 cm³/mol. The molecular weight excluding hydrogens is 250 g/mol. The Morgan fingerprint density at radius 2 is 1.79 bits per heavy atom. The van der Waals surface area contributed by atoms with E-state index in [0.717, 1.165) is 19.3 Å². The van der Waals surface area contributed by atoms with Gasteiger partial charge in [-0.05, 0) is 19.3 Å². The van der Waals surface area contributed by atoms with Crippen LogP contribution >= 0.6 is 0 Å². The minimum atomic E-state index is -0.594. The summed E-state index contributed by atoms with van der Waals surface area (Å²) in [5.41, 5.74) is 0. The van der Waals surface area contributed by atoms with Crippen LogP contribution in [0.4, 0.5) is 0 Å². The Kier molecular flexibility index (Phi) is 6.88. The first kappa shape index (κ1) is 15.4. The quantitative estimate of drug-likeness (QED) is 0.352. The average Bonchev–Trinajstić information content (AvgIpc) is 2.46. The molecule has 1 aliphatic heterocycles. The normalized spacial score (nSPS) is 15.2. The van der Waals surface area contributed by atoms with Crippen molar-refractivity contribution in [3.63, 3.8) is 0 Å². The van der Waals surface area contributed by atoms with Gasteiger partial charge in [-0.2, -0.15) is 0 Å². The fourth-order valence-corrected chi connectivity index (χ4v) is 1.87. The first-order valence-corrected chi connectivity index (χ1v) is 6.56. The molecule has 0 radical (unpaired) electrons. The van der Waals surface area contributed by atoms with Crippen LogP contribution in [0, 0.1) is 0 Å². The van der Waals surface area contributed by atoms with E-state index in [-0.39, 0.29) is 6.61 Å². The van der Waals surface area contributed by atoms with Crippen molar-refractivity contribution in [3.8, 4) is 0 Å². The summed E-state index contributed by atoms with van der Waals surface area (Å²) in [6.07, 6.45) is 3.03. The molecule has 108 valence electrons. The van der Waals surface area contributed by atoms with E-state index in [9.17, 15) is 14.4 Å². The van der Waals surface area contributed by atoms with Crippen LogP contribution in [-0.4, -0.2) is 72.5 Å². The third kappa shape index (κ3) is 5.25. The number of aliphatic hydroxyl groups is 1. The van der Waals surface area contributed by atoms with E-state index >= 15 is 0 Å². The van der Waals surface area contributed by atoms with Crippen LogP contribution in [0.2, 0.25) is 0 Å². The Morgan fingerprint density at radius 3 is 2.37 bits per heavy atom. The van der Waals surface area contributed by atoms with Gasteiger partial charge in [0.2, 0.25) is 6.41 Å². The molecule has 1 rings (SSSR count). The standard InChI is InChI=1S/C12H21N3O4/c16-9-3-1-2-4-13-11(18)12(19)15-7-5-14(10-17)6-8-15/h10,16H,1-9H2,(H,13,18). The number of hydrogen-bond donors (Lipinski definition) is 2. The van der Waals surface area contributed by atoms with Gasteiger partial charge in [-0.1, -0.05) is 0 Å². The second kappa shape index (κ2) is 8.47. The van der Waals surface area contributed by atoms with Gasteiger partial charge in [-0.25, -0.2) is 0 Å². The zero-order valence-corrected chi connectivity index (χ0v) is 11.0. The van der Waals surface area contributed by atoms with E-state index < -0.39 is 11.8 Å². The summed E-state index contributed by atoms with van der Waals surface area (Å²) in [6, 6.07) is 0. The Morgan fingerprint density at radius 1 is 1.11 bits per heavy atom. The van der Waals surface area contributed by atoms with E-state index in [0.29, 0.717) is 39.1 Å². The van der Waals surface area contributed by atoms with Gasteiger partial charge in [0.1, 0.15) is 0 Å². The van der Waals surface area contributed by atoms with Crippen molar-refractivity contribution in [2.45, 2.75) is 19.3 Å². The second-order valence-electron chi connectivity index (χ2n) is 4.47. The van der Waals surface area contributed by atoms with E-state index in [2.05, 4.69) is 5.32 Å². The molecule has 7 heteroatoms. The van der Waals surface area contributed by atoms with Crippen molar-refractivity contribution < 1.29 is 19.5 Å². The molecule has 0 bridgehead atoms. The molecule has 0 aliphatic carbocycles. The molecule has 1 fully saturated rings. The fraction of sp³-hybridized carbons (Fsp3) is 0.750. The van der Waals surface area contributed by atoms with E-state index in [1.54, 1.807) is 4.90 Å². The van der Waals surface area contributed by atoms with Crippen LogP contribution < -0.4 is 5.32 Å². The highest BCUT2D eigenvalue weighted by molar-refractivity contribution is 6.35. The third-order valence-corrected chi connectivity index (χ3v) is 3.07. The lowest BCUT2D eigenvalue weighted by molar-refractivity contribution is -0.147. The number of carbonyl (C=O) groups is 3. The summed E-state index contributed by atoms with van der Waals surface area (Å²) in [4.78, 5) is 36.9. The maximum atomic E-state index is 11.8. The number of nitrogens with zero attached hydrogens (tertiary/aromatic N) is 2. The summed E-state index contributed by atoms with van der Waals surface area (Å²) < 4.78 is 0. The monoisotopic (exact) mass is 271 g/mol. The highest BCUT2D eigenvalue weighted by Crippen LogP contribution is 2.00. The first-order valence-electron chi connectivity index (χ1n) is 6.56. The smallest absolute Gasteiger partial charge is 0.312 e. The Balaban J connectivity index is 2.21. The molecule has 3 amide bonds. The largest absolute Gasteiger partial charge is 0.396 e. The summed E-state index contributed by atoms with van der Waals surface area (Å²) in [5.74, 6) is -1.13. The predicted octanol–water partition coefficient (Wildman–Crippen LogP) is -1.43. The van der Waals surface area contributed by atoms with Crippen LogP contribution in [-0.2, 0) is 14.4 Å². The van der Waals surface area contributed by atoms with Gasteiger partial charge in [0.25, 0.3) is 0 Å². The maximum Gasteiger partial charge on any atom is 0.312 e. The van der Waals surface area contributed by atoms with E-state index in [4.69, 9.17) is 5.11 Å². The van der Waals surface area contributed by atoms with Gasteiger partial charge in [0.15, 0.2) is 0 Å². The second-order valence-corrected chi connectivity index (χ2v) is 4.47. The van der Waals surface area contributed by atoms with Crippen LogP contribution in [0.3, 0.4) is 0 Å². The van der Waals surface area contributed by atoms with Gasteiger partial charge < -0.3 is 20.2 Å². The lowest BCUT2D eigenvalue weighted by Crippen LogP contribution is -2.52.